The topological polar surface area (TPSA) is 122 Å². The van der Waals surface area contributed by atoms with Gasteiger partial charge in [-0.1, -0.05) is 0 Å². The minimum Gasteiger partial charge on any atom is -0.479 e. The number of nitrogens with one attached hydrogen (secondary N) is 2. The van der Waals surface area contributed by atoms with E-state index in [1.165, 1.54) is 0 Å². The highest BCUT2D eigenvalue weighted by Gasteiger charge is 2.31. The minimum absolute atomic E-state index is 0.0264. The van der Waals surface area contributed by atoms with Gasteiger partial charge in [-0.25, -0.2) is 18.0 Å². The van der Waals surface area contributed by atoms with Crippen LogP contribution in [0.25, 0.3) is 0 Å². The molecule has 8 nitrogen and oxygen atoms in total. The van der Waals surface area contributed by atoms with Gasteiger partial charge in [0, 0.05) is 12.6 Å². The van der Waals surface area contributed by atoms with Gasteiger partial charge in [-0.05, 0) is 25.7 Å². The van der Waals surface area contributed by atoms with Gasteiger partial charge in [0.15, 0.2) is 15.9 Å². The average Bonchev–Trinajstić information content (AvgIpc) is 2.84. The molecule has 0 aromatic heterocycles. The molecule has 0 spiro atoms. The highest BCUT2D eigenvalue weighted by molar-refractivity contribution is 7.91. The Morgan fingerprint density at radius 2 is 2.00 bits per heavy atom. The Hall–Kier alpha value is -1.35. The van der Waals surface area contributed by atoms with E-state index in [1.807, 2.05) is 0 Å². The largest absolute Gasteiger partial charge is 0.479 e. The van der Waals surface area contributed by atoms with Crippen LogP contribution in [-0.2, 0) is 19.4 Å². The van der Waals surface area contributed by atoms with E-state index in [4.69, 9.17) is 9.84 Å². The Bertz CT molecular complexity index is 506. The van der Waals surface area contributed by atoms with Crippen LogP contribution in [0.5, 0.6) is 0 Å². The molecule has 2 amide bonds. The monoisotopic (exact) mass is 320 g/mol. The van der Waals surface area contributed by atoms with Crippen molar-refractivity contribution in [3.63, 3.8) is 0 Å². The molecule has 120 valence electrons. The Morgan fingerprint density at radius 1 is 1.24 bits per heavy atom. The lowest BCUT2D eigenvalue weighted by atomic mass is 10.2. The van der Waals surface area contributed by atoms with Crippen LogP contribution in [0.1, 0.15) is 25.7 Å². The fourth-order valence-corrected chi connectivity index (χ4v) is 4.25. The van der Waals surface area contributed by atoms with Crippen molar-refractivity contribution in [1.82, 2.24) is 10.6 Å². The molecule has 0 aromatic carbocycles. The zero-order chi connectivity index (χ0) is 15.5. The number of hydrogen-bond donors (Lipinski definition) is 3. The van der Waals surface area contributed by atoms with Crippen LogP contribution < -0.4 is 10.6 Å². The number of sulfone groups is 1. The fraction of sp³-hybridized carbons (Fsp3) is 0.833. The van der Waals surface area contributed by atoms with Crippen molar-refractivity contribution in [2.24, 2.45) is 0 Å². The van der Waals surface area contributed by atoms with Crippen molar-refractivity contribution in [1.29, 1.82) is 0 Å². The number of rotatable bonds is 4. The second kappa shape index (κ2) is 6.61. The fourth-order valence-electron chi connectivity index (χ4n) is 2.62. The van der Waals surface area contributed by atoms with E-state index in [1.54, 1.807) is 0 Å². The summed E-state index contributed by atoms with van der Waals surface area (Å²) in [5.74, 6) is -0.838. The van der Waals surface area contributed by atoms with E-state index in [0.717, 1.165) is 0 Å². The third kappa shape index (κ3) is 4.85. The first kappa shape index (κ1) is 16.0. The van der Waals surface area contributed by atoms with Gasteiger partial charge in [0.05, 0.1) is 17.6 Å². The van der Waals surface area contributed by atoms with Crippen molar-refractivity contribution in [2.45, 2.75) is 43.9 Å². The number of carboxylic acid groups (broad SMARTS) is 1. The average molecular weight is 320 g/mol. The van der Waals surface area contributed by atoms with E-state index in [-0.39, 0.29) is 30.2 Å². The van der Waals surface area contributed by atoms with Crippen LogP contribution in [0.3, 0.4) is 0 Å². The van der Waals surface area contributed by atoms with Crippen molar-refractivity contribution < 1.29 is 27.9 Å². The second-order valence-corrected chi connectivity index (χ2v) is 7.70. The molecule has 0 aliphatic carbocycles. The summed E-state index contributed by atoms with van der Waals surface area (Å²) in [5, 5.41) is 14.0. The molecular formula is C12H20N2O6S. The summed E-state index contributed by atoms with van der Waals surface area (Å²) in [7, 11) is -3.06. The van der Waals surface area contributed by atoms with Crippen LogP contribution in [0.4, 0.5) is 4.79 Å². The van der Waals surface area contributed by atoms with Gasteiger partial charge in [-0.2, -0.15) is 0 Å². The summed E-state index contributed by atoms with van der Waals surface area (Å²) in [5.41, 5.74) is 0. The number of urea groups is 1. The normalized spacial score (nSPS) is 31.5. The Morgan fingerprint density at radius 3 is 2.62 bits per heavy atom. The van der Waals surface area contributed by atoms with Crippen molar-refractivity contribution in [3.8, 4) is 0 Å². The lowest BCUT2D eigenvalue weighted by Crippen LogP contribution is -2.48. The van der Waals surface area contributed by atoms with Crippen molar-refractivity contribution >= 4 is 21.8 Å². The van der Waals surface area contributed by atoms with E-state index >= 15 is 0 Å². The number of aliphatic carboxylic acids is 1. The van der Waals surface area contributed by atoms with Crippen LogP contribution in [0.2, 0.25) is 0 Å². The summed E-state index contributed by atoms with van der Waals surface area (Å²) >= 11 is 0. The molecule has 21 heavy (non-hydrogen) atoms. The zero-order valence-electron chi connectivity index (χ0n) is 11.6. The molecule has 2 aliphatic rings. The highest BCUT2D eigenvalue weighted by Crippen LogP contribution is 2.19. The standard InChI is InChI=1S/C12H20N2O6S/c15-11(16)10-4-3-9(20-10)6-13-12(17)14-8-2-1-5-21(18,19)7-8/h8-10H,1-7H2,(H,15,16)(H2,13,14,17). The van der Waals surface area contributed by atoms with E-state index in [9.17, 15) is 18.0 Å². The van der Waals surface area contributed by atoms with Crippen LogP contribution >= 0.6 is 0 Å². The van der Waals surface area contributed by atoms with E-state index in [2.05, 4.69) is 10.6 Å². The zero-order valence-corrected chi connectivity index (χ0v) is 12.4. The lowest BCUT2D eigenvalue weighted by molar-refractivity contribution is -0.149. The van der Waals surface area contributed by atoms with Crippen LogP contribution in [0.15, 0.2) is 0 Å². The smallest absolute Gasteiger partial charge is 0.332 e. The second-order valence-electron chi connectivity index (χ2n) is 5.47. The Balaban J connectivity index is 1.70. The highest BCUT2D eigenvalue weighted by atomic mass is 32.2. The van der Waals surface area contributed by atoms with Gasteiger partial charge < -0.3 is 20.5 Å². The molecule has 3 N–H and O–H groups in total. The number of hydrogen-bond acceptors (Lipinski definition) is 5. The van der Waals surface area contributed by atoms with E-state index < -0.39 is 27.9 Å². The molecule has 3 atom stereocenters. The summed E-state index contributed by atoms with van der Waals surface area (Å²) in [4.78, 5) is 22.4. The van der Waals surface area contributed by atoms with Gasteiger partial charge in [0.25, 0.3) is 0 Å². The molecule has 0 aromatic rings. The molecule has 2 saturated heterocycles. The quantitative estimate of drug-likeness (QED) is 0.641. The summed E-state index contributed by atoms with van der Waals surface area (Å²) in [6.07, 6.45) is 1.10. The van der Waals surface area contributed by atoms with Gasteiger partial charge in [-0.3, -0.25) is 0 Å². The number of carboxylic acids is 1. The van der Waals surface area contributed by atoms with Gasteiger partial charge in [-0.15, -0.1) is 0 Å². The summed E-state index contributed by atoms with van der Waals surface area (Å²) in [6, 6.07) is -0.806. The van der Waals surface area contributed by atoms with Crippen molar-refractivity contribution in [2.75, 3.05) is 18.1 Å². The molecule has 9 heteroatoms. The maximum absolute atomic E-state index is 11.7. The molecule has 2 heterocycles. The van der Waals surface area contributed by atoms with E-state index in [0.29, 0.717) is 25.7 Å². The predicted octanol–water partition coefficient (Wildman–Crippen LogP) is -0.505. The predicted molar refractivity (Wildman–Crippen MR) is 73.7 cm³/mol. The Kier molecular flexibility index (Phi) is 5.04. The third-order valence-corrected chi connectivity index (χ3v) is 5.49. The summed E-state index contributed by atoms with van der Waals surface area (Å²) in [6.45, 7) is 0.217. The molecular weight excluding hydrogens is 300 g/mol. The first-order chi connectivity index (χ1) is 9.85. The van der Waals surface area contributed by atoms with Gasteiger partial charge >= 0.3 is 12.0 Å². The Labute approximate surface area is 123 Å². The molecule has 2 aliphatic heterocycles. The molecule has 0 bridgehead atoms. The molecule has 0 radical (unpaired) electrons. The number of amides is 2. The minimum atomic E-state index is -3.06. The SMILES string of the molecule is O=C(NCC1CCC(C(=O)O)O1)NC1CCCS(=O)(=O)C1. The van der Waals surface area contributed by atoms with Crippen LogP contribution in [-0.4, -0.2) is 61.8 Å². The van der Waals surface area contributed by atoms with Crippen molar-refractivity contribution in [3.05, 3.63) is 0 Å². The first-order valence-corrected chi connectivity index (χ1v) is 8.81. The molecule has 3 unspecified atom stereocenters. The summed E-state index contributed by atoms with van der Waals surface area (Å²) < 4.78 is 28.2. The molecule has 2 fully saturated rings. The van der Waals surface area contributed by atoms with Gasteiger partial charge in [0.1, 0.15) is 0 Å². The number of carbonyl (C=O) groups excluding carboxylic acids is 1. The van der Waals surface area contributed by atoms with Crippen LogP contribution in [0, 0.1) is 0 Å². The third-order valence-electron chi connectivity index (χ3n) is 3.67. The van der Waals surface area contributed by atoms with Gasteiger partial charge in [0.2, 0.25) is 0 Å². The lowest BCUT2D eigenvalue weighted by Gasteiger charge is -2.23. The number of ether oxygens (including phenoxy) is 1. The molecule has 2 rings (SSSR count). The maximum Gasteiger partial charge on any atom is 0.332 e. The molecule has 0 saturated carbocycles. The maximum atomic E-state index is 11.7. The first-order valence-electron chi connectivity index (χ1n) is 6.99. The number of carbonyl (C=O) groups is 2.